The number of benzene rings is 1. The highest BCUT2D eigenvalue weighted by Crippen LogP contribution is 2.33. The Kier molecular flexibility index (Phi) is 5.11. The molecule has 2 atom stereocenters. The van der Waals surface area contributed by atoms with Crippen LogP contribution in [-0.2, 0) is 6.54 Å². The van der Waals surface area contributed by atoms with E-state index < -0.39 is 6.10 Å². The van der Waals surface area contributed by atoms with E-state index in [-0.39, 0.29) is 24.3 Å². The van der Waals surface area contributed by atoms with Crippen molar-refractivity contribution in [2.24, 2.45) is 0 Å². The monoisotopic (exact) mass is 343 g/mol. The lowest BCUT2D eigenvalue weighted by Crippen LogP contribution is -2.32. The number of carbonyl (C=O) groups excluding carboxylic acids is 1. The Bertz CT molecular complexity index is 731. The molecule has 2 aromatic rings. The van der Waals surface area contributed by atoms with E-state index in [0.717, 1.165) is 11.3 Å². The number of aliphatic hydroxyl groups is 1. The second-order valence-corrected chi connectivity index (χ2v) is 6.69. The van der Waals surface area contributed by atoms with Gasteiger partial charge < -0.3 is 14.9 Å². The molecule has 132 valence electrons. The summed E-state index contributed by atoms with van der Waals surface area (Å²) < 4.78 is 13.2. The first-order valence-electron chi connectivity index (χ1n) is 8.28. The fraction of sp³-hybridized carbons (Fsp3) is 0.368. The molecule has 6 heteroatoms. The van der Waals surface area contributed by atoms with Crippen LogP contribution in [0.1, 0.15) is 34.1 Å². The van der Waals surface area contributed by atoms with E-state index >= 15 is 0 Å². The number of aromatic nitrogens is 1. The minimum atomic E-state index is -0.583. The highest BCUT2D eigenvalue weighted by Gasteiger charge is 2.35. The van der Waals surface area contributed by atoms with Gasteiger partial charge in [0, 0.05) is 19.3 Å². The lowest BCUT2D eigenvalue weighted by molar-refractivity contribution is 0.0715. The molecule has 0 saturated carbocycles. The fourth-order valence-corrected chi connectivity index (χ4v) is 3.17. The van der Waals surface area contributed by atoms with Crippen LogP contribution in [0.2, 0.25) is 0 Å². The standard InChI is InChI=1S/C19H22FN3O2/c1-22(2)11-16-8-5-14(10-21-16)19(25)23-12-17(24)9-18(23)13-3-6-15(20)7-4-13/h3-8,10,17-18,24H,9,11-12H2,1-2H3/t17-,18+/m1/s1. The van der Waals surface area contributed by atoms with Crippen LogP contribution in [0.4, 0.5) is 4.39 Å². The number of carbonyl (C=O) groups is 1. The van der Waals surface area contributed by atoms with Gasteiger partial charge in [-0.3, -0.25) is 9.78 Å². The highest BCUT2D eigenvalue weighted by atomic mass is 19.1. The van der Waals surface area contributed by atoms with Crippen LogP contribution in [0, 0.1) is 5.82 Å². The van der Waals surface area contributed by atoms with Gasteiger partial charge >= 0.3 is 0 Å². The van der Waals surface area contributed by atoms with Gasteiger partial charge in [-0.05, 0) is 50.3 Å². The third kappa shape index (κ3) is 4.03. The largest absolute Gasteiger partial charge is 0.391 e. The summed E-state index contributed by atoms with van der Waals surface area (Å²) in [6.07, 6.45) is 1.44. The van der Waals surface area contributed by atoms with Gasteiger partial charge in [-0.15, -0.1) is 0 Å². The Morgan fingerprint density at radius 3 is 2.60 bits per heavy atom. The van der Waals surface area contributed by atoms with E-state index in [1.165, 1.54) is 12.1 Å². The summed E-state index contributed by atoms with van der Waals surface area (Å²) in [5.41, 5.74) is 2.20. The molecular weight excluding hydrogens is 321 g/mol. The molecule has 1 N–H and O–H groups in total. The molecule has 2 heterocycles. The zero-order chi connectivity index (χ0) is 18.0. The van der Waals surface area contributed by atoms with E-state index in [2.05, 4.69) is 4.98 Å². The Morgan fingerprint density at radius 2 is 2.00 bits per heavy atom. The third-order valence-electron chi connectivity index (χ3n) is 4.34. The summed E-state index contributed by atoms with van der Waals surface area (Å²) in [5, 5.41) is 10.0. The van der Waals surface area contributed by atoms with Crippen LogP contribution in [0.3, 0.4) is 0 Å². The second kappa shape index (κ2) is 7.29. The van der Waals surface area contributed by atoms with Crippen molar-refractivity contribution >= 4 is 5.91 Å². The van der Waals surface area contributed by atoms with Crippen molar-refractivity contribution in [3.05, 3.63) is 65.2 Å². The molecule has 3 rings (SSSR count). The average molecular weight is 343 g/mol. The van der Waals surface area contributed by atoms with Crippen LogP contribution in [-0.4, -0.2) is 52.5 Å². The smallest absolute Gasteiger partial charge is 0.256 e. The summed E-state index contributed by atoms with van der Waals surface area (Å²) in [5.74, 6) is -0.490. The molecule has 0 unspecified atom stereocenters. The zero-order valence-electron chi connectivity index (χ0n) is 14.4. The van der Waals surface area contributed by atoms with Crippen molar-refractivity contribution in [3.8, 4) is 0 Å². The van der Waals surface area contributed by atoms with Crippen molar-refractivity contribution in [1.29, 1.82) is 0 Å². The maximum Gasteiger partial charge on any atom is 0.256 e. The Balaban J connectivity index is 1.80. The molecule has 1 fully saturated rings. The zero-order valence-corrected chi connectivity index (χ0v) is 14.4. The van der Waals surface area contributed by atoms with Crippen molar-refractivity contribution in [2.45, 2.75) is 25.1 Å². The van der Waals surface area contributed by atoms with Crippen LogP contribution >= 0.6 is 0 Å². The van der Waals surface area contributed by atoms with Gasteiger partial charge in [0.1, 0.15) is 5.82 Å². The quantitative estimate of drug-likeness (QED) is 0.925. The number of aliphatic hydroxyl groups excluding tert-OH is 1. The molecule has 0 aliphatic carbocycles. The van der Waals surface area contributed by atoms with Crippen LogP contribution in [0.5, 0.6) is 0 Å². The maximum absolute atomic E-state index is 13.2. The summed E-state index contributed by atoms with van der Waals surface area (Å²) in [6.45, 7) is 0.968. The molecule has 1 aromatic heterocycles. The van der Waals surface area contributed by atoms with E-state index in [4.69, 9.17) is 0 Å². The number of amides is 1. The summed E-state index contributed by atoms with van der Waals surface area (Å²) in [6, 6.07) is 9.42. The van der Waals surface area contributed by atoms with Crippen molar-refractivity contribution in [2.75, 3.05) is 20.6 Å². The molecule has 25 heavy (non-hydrogen) atoms. The number of nitrogens with zero attached hydrogens (tertiary/aromatic N) is 3. The summed E-state index contributed by atoms with van der Waals surface area (Å²) >= 11 is 0. The molecule has 1 saturated heterocycles. The summed E-state index contributed by atoms with van der Waals surface area (Å²) in [4.78, 5) is 20.9. The average Bonchev–Trinajstić information content (AvgIpc) is 2.97. The van der Waals surface area contributed by atoms with Gasteiger partial charge in [-0.1, -0.05) is 12.1 Å². The maximum atomic E-state index is 13.2. The van der Waals surface area contributed by atoms with Gasteiger partial charge in [-0.25, -0.2) is 4.39 Å². The number of halogens is 1. The third-order valence-corrected chi connectivity index (χ3v) is 4.34. The van der Waals surface area contributed by atoms with E-state index in [1.807, 2.05) is 25.1 Å². The Hall–Kier alpha value is -2.31. The number of hydrogen-bond donors (Lipinski definition) is 1. The van der Waals surface area contributed by atoms with Crippen LogP contribution in [0.15, 0.2) is 42.6 Å². The predicted molar refractivity (Wildman–Crippen MR) is 92.4 cm³/mol. The first-order chi connectivity index (χ1) is 11.9. The molecule has 1 aliphatic heterocycles. The second-order valence-electron chi connectivity index (χ2n) is 6.69. The first-order valence-corrected chi connectivity index (χ1v) is 8.28. The SMILES string of the molecule is CN(C)Cc1ccc(C(=O)N2C[C@H](O)C[C@H]2c2ccc(F)cc2)cn1. The van der Waals surface area contributed by atoms with Crippen molar-refractivity contribution in [3.63, 3.8) is 0 Å². The number of β-amino-alcohol motifs (C(OH)–C–C–N with tert-alkyl or cyclic N) is 1. The molecule has 1 aromatic carbocycles. The molecule has 0 bridgehead atoms. The van der Waals surface area contributed by atoms with Crippen LogP contribution in [0.25, 0.3) is 0 Å². The van der Waals surface area contributed by atoms with E-state index in [9.17, 15) is 14.3 Å². The van der Waals surface area contributed by atoms with Crippen LogP contribution < -0.4 is 0 Å². The predicted octanol–water partition coefficient (Wildman–Crippen LogP) is 2.23. The van der Waals surface area contributed by atoms with Gasteiger partial charge in [0.25, 0.3) is 5.91 Å². The molecule has 1 amide bonds. The van der Waals surface area contributed by atoms with Crippen molar-refractivity contribution in [1.82, 2.24) is 14.8 Å². The molecule has 0 spiro atoms. The number of hydrogen-bond acceptors (Lipinski definition) is 4. The lowest BCUT2D eigenvalue weighted by atomic mass is 10.0. The number of pyridine rings is 1. The van der Waals surface area contributed by atoms with E-state index in [1.54, 1.807) is 29.3 Å². The van der Waals surface area contributed by atoms with E-state index in [0.29, 0.717) is 18.5 Å². The summed E-state index contributed by atoms with van der Waals surface area (Å²) in [7, 11) is 3.92. The van der Waals surface area contributed by atoms with Gasteiger partial charge in [0.05, 0.1) is 23.4 Å². The normalized spacial score (nSPS) is 20.3. The molecule has 0 radical (unpaired) electrons. The Morgan fingerprint density at radius 1 is 1.28 bits per heavy atom. The molecular formula is C19H22FN3O2. The first kappa shape index (κ1) is 17.5. The number of rotatable bonds is 4. The lowest BCUT2D eigenvalue weighted by Gasteiger charge is -2.25. The Labute approximate surface area is 146 Å². The molecule has 5 nitrogen and oxygen atoms in total. The fourth-order valence-electron chi connectivity index (χ4n) is 3.17. The topological polar surface area (TPSA) is 56.7 Å². The number of likely N-dealkylation sites (tertiary alicyclic amines) is 1. The minimum Gasteiger partial charge on any atom is -0.391 e. The highest BCUT2D eigenvalue weighted by molar-refractivity contribution is 5.94. The minimum absolute atomic E-state index is 0.172. The molecule has 1 aliphatic rings. The van der Waals surface area contributed by atoms with Gasteiger partial charge in [0.2, 0.25) is 0 Å². The van der Waals surface area contributed by atoms with Gasteiger partial charge in [-0.2, -0.15) is 0 Å². The van der Waals surface area contributed by atoms with Crippen molar-refractivity contribution < 1.29 is 14.3 Å². The van der Waals surface area contributed by atoms with Gasteiger partial charge in [0.15, 0.2) is 0 Å².